The lowest BCUT2D eigenvalue weighted by Crippen LogP contribution is -2.52. The molecule has 0 bridgehead atoms. The fraction of sp³-hybridized carbons (Fsp3) is 0.500. The highest BCUT2D eigenvalue weighted by atomic mass is 16.6. The molecule has 2 atom stereocenters. The molecule has 0 aliphatic carbocycles. The van der Waals surface area contributed by atoms with Crippen LogP contribution in [0.4, 0.5) is 4.79 Å². The SMILES string of the molecule is C#Cc1ccccc1C(C(=O)NC(C)C)N(C)C(=O)C(CCC(N)=O)NC(=O)OC(C)(C)C. The summed E-state index contributed by atoms with van der Waals surface area (Å²) < 4.78 is 5.24. The van der Waals surface area contributed by atoms with E-state index in [0.29, 0.717) is 11.1 Å². The first-order valence-electron chi connectivity index (χ1n) is 10.7. The lowest BCUT2D eigenvalue weighted by molar-refractivity contribution is -0.141. The number of hydrogen-bond donors (Lipinski definition) is 3. The molecule has 9 heteroatoms. The number of benzene rings is 1. The van der Waals surface area contributed by atoms with E-state index < -0.39 is 41.5 Å². The molecule has 0 spiro atoms. The molecule has 0 saturated carbocycles. The van der Waals surface area contributed by atoms with Gasteiger partial charge in [0, 0.05) is 25.1 Å². The third-order valence-electron chi connectivity index (χ3n) is 4.49. The molecule has 1 rings (SSSR count). The first-order chi connectivity index (χ1) is 15.3. The monoisotopic (exact) mass is 458 g/mol. The molecule has 0 aromatic heterocycles. The Morgan fingerprint density at radius 3 is 2.27 bits per heavy atom. The van der Waals surface area contributed by atoms with E-state index in [1.807, 2.05) is 0 Å². The van der Waals surface area contributed by atoms with Crippen molar-refractivity contribution in [3.63, 3.8) is 0 Å². The maximum Gasteiger partial charge on any atom is 0.408 e. The van der Waals surface area contributed by atoms with Crippen molar-refractivity contribution in [3.8, 4) is 12.3 Å². The summed E-state index contributed by atoms with van der Waals surface area (Å²) >= 11 is 0. The maximum absolute atomic E-state index is 13.4. The predicted octanol–water partition coefficient (Wildman–Crippen LogP) is 1.85. The van der Waals surface area contributed by atoms with Gasteiger partial charge in [-0.3, -0.25) is 14.4 Å². The van der Waals surface area contributed by atoms with Crippen molar-refractivity contribution in [2.24, 2.45) is 5.73 Å². The molecule has 2 unspecified atom stereocenters. The molecule has 1 aromatic carbocycles. The van der Waals surface area contributed by atoms with Gasteiger partial charge in [0.15, 0.2) is 0 Å². The van der Waals surface area contributed by atoms with Gasteiger partial charge in [0.1, 0.15) is 17.7 Å². The third-order valence-corrected chi connectivity index (χ3v) is 4.49. The van der Waals surface area contributed by atoms with Gasteiger partial charge in [0.2, 0.25) is 17.7 Å². The van der Waals surface area contributed by atoms with Gasteiger partial charge in [0.25, 0.3) is 0 Å². The Balaban J connectivity index is 3.34. The molecule has 0 aliphatic heterocycles. The smallest absolute Gasteiger partial charge is 0.408 e. The lowest BCUT2D eigenvalue weighted by Gasteiger charge is -2.32. The van der Waals surface area contributed by atoms with Crippen LogP contribution in [0.1, 0.15) is 64.6 Å². The fourth-order valence-electron chi connectivity index (χ4n) is 3.12. The summed E-state index contributed by atoms with van der Waals surface area (Å²) in [5.41, 5.74) is 5.37. The van der Waals surface area contributed by atoms with Gasteiger partial charge in [-0.2, -0.15) is 0 Å². The highest BCUT2D eigenvalue weighted by Gasteiger charge is 2.35. The van der Waals surface area contributed by atoms with Crippen LogP contribution < -0.4 is 16.4 Å². The average molecular weight is 459 g/mol. The second kappa shape index (κ2) is 11.9. The lowest BCUT2D eigenvalue weighted by atomic mass is 9.97. The number of nitrogens with one attached hydrogen (secondary N) is 2. The molecule has 0 saturated heterocycles. The van der Waals surface area contributed by atoms with Gasteiger partial charge in [-0.25, -0.2) is 4.79 Å². The summed E-state index contributed by atoms with van der Waals surface area (Å²) in [6.45, 7) is 8.64. The Bertz CT molecular complexity index is 914. The number of primary amides is 1. The minimum Gasteiger partial charge on any atom is -0.444 e. The molecular formula is C24H34N4O5. The first-order valence-corrected chi connectivity index (χ1v) is 10.7. The average Bonchev–Trinajstić information content (AvgIpc) is 2.69. The van der Waals surface area contributed by atoms with E-state index >= 15 is 0 Å². The number of terminal acetylenes is 1. The maximum atomic E-state index is 13.4. The van der Waals surface area contributed by atoms with E-state index in [-0.39, 0.29) is 18.9 Å². The van der Waals surface area contributed by atoms with E-state index in [9.17, 15) is 19.2 Å². The van der Waals surface area contributed by atoms with Gasteiger partial charge in [0.05, 0.1) is 0 Å². The number of rotatable bonds is 9. The van der Waals surface area contributed by atoms with Crippen molar-refractivity contribution in [1.29, 1.82) is 0 Å². The summed E-state index contributed by atoms with van der Waals surface area (Å²) in [6, 6.07) is 4.39. The molecule has 1 aromatic rings. The van der Waals surface area contributed by atoms with E-state index in [2.05, 4.69) is 16.6 Å². The minimum atomic E-state index is -1.15. The Morgan fingerprint density at radius 2 is 1.76 bits per heavy atom. The third kappa shape index (κ3) is 8.85. The van der Waals surface area contributed by atoms with Gasteiger partial charge >= 0.3 is 6.09 Å². The number of likely N-dealkylation sites (N-methyl/N-ethyl adjacent to an activating group) is 1. The van der Waals surface area contributed by atoms with Crippen molar-refractivity contribution in [2.75, 3.05) is 7.05 Å². The quantitative estimate of drug-likeness (QED) is 0.486. The van der Waals surface area contributed by atoms with Crippen LogP contribution in [0.15, 0.2) is 24.3 Å². The van der Waals surface area contributed by atoms with Crippen molar-refractivity contribution in [3.05, 3.63) is 35.4 Å². The van der Waals surface area contributed by atoms with Crippen LogP contribution >= 0.6 is 0 Å². The molecule has 0 radical (unpaired) electrons. The van der Waals surface area contributed by atoms with Crippen LogP contribution in [0.3, 0.4) is 0 Å². The number of ether oxygens (including phenoxy) is 1. The van der Waals surface area contributed by atoms with E-state index in [1.54, 1.807) is 58.9 Å². The molecule has 4 amide bonds. The number of amides is 4. The summed E-state index contributed by atoms with van der Waals surface area (Å²) in [5, 5.41) is 5.29. The molecule has 33 heavy (non-hydrogen) atoms. The van der Waals surface area contributed by atoms with Crippen LogP contribution in [0.25, 0.3) is 0 Å². The first kappa shape index (κ1) is 27.5. The van der Waals surface area contributed by atoms with Crippen LogP contribution in [0.2, 0.25) is 0 Å². The number of nitrogens with zero attached hydrogens (tertiary/aromatic N) is 1. The topological polar surface area (TPSA) is 131 Å². The standard InChI is InChI=1S/C24H34N4O5/c1-8-16-11-9-10-12-17(16)20(21(30)26-15(2)3)28(7)22(31)18(13-14-19(25)29)27-23(32)33-24(4,5)6/h1,9-12,15,18,20H,13-14H2,2-7H3,(H2,25,29)(H,26,30)(H,27,32). The zero-order chi connectivity index (χ0) is 25.3. The molecular weight excluding hydrogens is 424 g/mol. The van der Waals surface area contributed by atoms with Crippen LogP contribution in [0, 0.1) is 12.3 Å². The predicted molar refractivity (Wildman–Crippen MR) is 125 cm³/mol. The molecule has 9 nitrogen and oxygen atoms in total. The van der Waals surface area contributed by atoms with E-state index in [0.717, 1.165) is 0 Å². The van der Waals surface area contributed by atoms with E-state index in [1.165, 1.54) is 11.9 Å². The van der Waals surface area contributed by atoms with Crippen LogP contribution in [0.5, 0.6) is 0 Å². The van der Waals surface area contributed by atoms with Crippen LogP contribution in [-0.2, 0) is 19.1 Å². The highest BCUT2D eigenvalue weighted by Crippen LogP contribution is 2.25. The van der Waals surface area contributed by atoms with Crippen molar-refractivity contribution in [1.82, 2.24) is 15.5 Å². The summed E-state index contributed by atoms with van der Waals surface area (Å²) in [5.74, 6) is 0.870. The van der Waals surface area contributed by atoms with Gasteiger partial charge in [-0.1, -0.05) is 24.1 Å². The highest BCUT2D eigenvalue weighted by molar-refractivity contribution is 5.92. The van der Waals surface area contributed by atoms with Gasteiger partial charge in [-0.15, -0.1) is 6.42 Å². The fourth-order valence-corrected chi connectivity index (χ4v) is 3.12. The molecule has 4 N–H and O–H groups in total. The minimum absolute atomic E-state index is 0.0624. The molecule has 0 heterocycles. The Labute approximate surface area is 195 Å². The number of hydrogen-bond acceptors (Lipinski definition) is 5. The van der Waals surface area contributed by atoms with Gasteiger partial charge in [-0.05, 0) is 52.7 Å². The molecule has 0 fully saturated rings. The zero-order valence-electron chi connectivity index (χ0n) is 20.1. The van der Waals surface area contributed by atoms with Gasteiger partial charge < -0.3 is 26.0 Å². The normalized spacial score (nSPS) is 12.8. The van der Waals surface area contributed by atoms with E-state index in [4.69, 9.17) is 16.9 Å². The number of carbonyl (C=O) groups excluding carboxylic acids is 4. The largest absolute Gasteiger partial charge is 0.444 e. The Hall–Kier alpha value is -3.54. The Kier molecular flexibility index (Phi) is 9.92. The summed E-state index contributed by atoms with van der Waals surface area (Å²) in [7, 11) is 1.44. The second-order valence-electron chi connectivity index (χ2n) is 8.95. The van der Waals surface area contributed by atoms with Crippen molar-refractivity contribution < 1.29 is 23.9 Å². The number of carbonyl (C=O) groups is 4. The summed E-state index contributed by atoms with van der Waals surface area (Å²) in [6.07, 6.45) is 4.58. The van der Waals surface area contributed by atoms with Crippen molar-refractivity contribution >= 4 is 23.8 Å². The number of alkyl carbamates (subject to hydrolysis) is 1. The summed E-state index contributed by atoms with van der Waals surface area (Å²) in [4.78, 5) is 51.4. The molecule has 0 aliphatic rings. The zero-order valence-corrected chi connectivity index (χ0v) is 20.1. The van der Waals surface area contributed by atoms with Crippen molar-refractivity contribution in [2.45, 2.75) is 71.2 Å². The number of nitrogens with two attached hydrogens (primary N) is 1. The Morgan fingerprint density at radius 1 is 1.15 bits per heavy atom. The molecule has 180 valence electrons. The second-order valence-corrected chi connectivity index (χ2v) is 8.95. The van der Waals surface area contributed by atoms with Crippen LogP contribution in [-0.4, -0.2) is 53.4 Å².